The van der Waals surface area contributed by atoms with Crippen LogP contribution < -0.4 is 5.46 Å². The fraction of sp³-hybridized carbons (Fsp3) is 0. The molecule has 0 bridgehead atoms. The molecular formula is C17H10BNO. The third kappa shape index (κ3) is 1.71. The van der Waals surface area contributed by atoms with Crippen LogP contribution in [0.4, 0.5) is 0 Å². The topological polar surface area (TPSA) is 26.0 Å². The molecule has 20 heavy (non-hydrogen) atoms. The number of rotatable bonds is 1. The van der Waals surface area contributed by atoms with Crippen LogP contribution in [0.15, 0.2) is 65.1 Å². The number of hydrogen-bond donors (Lipinski definition) is 0. The van der Waals surface area contributed by atoms with Crippen molar-refractivity contribution >= 4 is 35.2 Å². The van der Waals surface area contributed by atoms with E-state index < -0.39 is 0 Å². The van der Waals surface area contributed by atoms with E-state index in [9.17, 15) is 0 Å². The molecule has 0 aliphatic carbocycles. The highest BCUT2D eigenvalue weighted by molar-refractivity contribution is 6.32. The third-order valence-corrected chi connectivity index (χ3v) is 3.44. The number of aromatic nitrogens is 1. The Morgan fingerprint density at radius 3 is 2.50 bits per heavy atom. The Hall–Kier alpha value is -2.55. The van der Waals surface area contributed by atoms with Gasteiger partial charge in [-0.1, -0.05) is 60.1 Å². The molecule has 1 heterocycles. The number of oxazole rings is 1. The lowest BCUT2D eigenvalue weighted by atomic mass is 9.95. The molecule has 1 aromatic heterocycles. The molecule has 0 atom stereocenters. The molecule has 0 N–H and O–H groups in total. The molecule has 4 aromatic rings. The fourth-order valence-corrected chi connectivity index (χ4v) is 2.40. The Morgan fingerprint density at radius 1 is 0.850 bits per heavy atom. The molecule has 0 unspecified atom stereocenters. The summed E-state index contributed by atoms with van der Waals surface area (Å²) in [5.74, 6) is 0.622. The molecule has 0 aliphatic rings. The van der Waals surface area contributed by atoms with Crippen LogP contribution in [-0.4, -0.2) is 12.8 Å². The van der Waals surface area contributed by atoms with E-state index in [1.54, 1.807) is 0 Å². The maximum Gasteiger partial charge on any atom is 0.227 e. The fourth-order valence-electron chi connectivity index (χ4n) is 2.40. The van der Waals surface area contributed by atoms with Crippen molar-refractivity contribution < 1.29 is 4.42 Å². The Balaban J connectivity index is 1.98. The van der Waals surface area contributed by atoms with Crippen molar-refractivity contribution in [1.82, 2.24) is 4.98 Å². The van der Waals surface area contributed by atoms with Gasteiger partial charge in [0.25, 0.3) is 0 Å². The average Bonchev–Trinajstić information content (AvgIpc) is 2.92. The average molecular weight is 255 g/mol. The Kier molecular flexibility index (Phi) is 2.39. The van der Waals surface area contributed by atoms with Crippen LogP contribution in [0.2, 0.25) is 0 Å². The Bertz CT molecular complexity index is 909. The minimum absolute atomic E-state index is 0.622. The van der Waals surface area contributed by atoms with Crippen molar-refractivity contribution in [2.45, 2.75) is 0 Å². The summed E-state index contributed by atoms with van der Waals surface area (Å²) in [6, 6.07) is 19.7. The van der Waals surface area contributed by atoms with Gasteiger partial charge in [-0.05, 0) is 11.5 Å². The monoisotopic (exact) mass is 255 g/mol. The maximum absolute atomic E-state index is 5.96. The van der Waals surface area contributed by atoms with Crippen molar-refractivity contribution in [2.75, 3.05) is 0 Å². The molecule has 92 valence electrons. The zero-order valence-corrected chi connectivity index (χ0v) is 10.7. The van der Waals surface area contributed by atoms with Crippen LogP contribution >= 0.6 is 0 Å². The van der Waals surface area contributed by atoms with E-state index in [1.807, 2.05) is 42.5 Å². The van der Waals surface area contributed by atoms with Crippen LogP contribution in [0.3, 0.4) is 0 Å². The van der Waals surface area contributed by atoms with E-state index in [1.165, 1.54) is 0 Å². The predicted molar refractivity (Wildman–Crippen MR) is 82.3 cm³/mol. The van der Waals surface area contributed by atoms with Crippen molar-refractivity contribution in [3.8, 4) is 11.5 Å². The first-order valence-corrected chi connectivity index (χ1v) is 6.45. The van der Waals surface area contributed by atoms with Gasteiger partial charge in [0, 0.05) is 10.9 Å². The first-order valence-electron chi connectivity index (χ1n) is 6.45. The molecule has 0 aliphatic heterocycles. The molecule has 0 fully saturated rings. The molecular weight excluding hydrogens is 245 g/mol. The van der Waals surface area contributed by atoms with Gasteiger partial charge in [-0.15, -0.1) is 0 Å². The second-order valence-electron chi connectivity index (χ2n) is 4.78. The van der Waals surface area contributed by atoms with Gasteiger partial charge in [0.1, 0.15) is 13.4 Å². The normalized spacial score (nSPS) is 11.2. The summed E-state index contributed by atoms with van der Waals surface area (Å²) < 4.78 is 5.96. The molecule has 2 nitrogen and oxygen atoms in total. The highest BCUT2D eigenvalue weighted by atomic mass is 16.3. The summed E-state index contributed by atoms with van der Waals surface area (Å²) in [4.78, 5) is 4.56. The van der Waals surface area contributed by atoms with Crippen LogP contribution in [-0.2, 0) is 0 Å². The Morgan fingerprint density at radius 2 is 1.65 bits per heavy atom. The lowest BCUT2D eigenvalue weighted by Crippen LogP contribution is -1.99. The van der Waals surface area contributed by atoms with E-state index in [4.69, 9.17) is 12.3 Å². The molecule has 4 rings (SSSR count). The highest BCUT2D eigenvalue weighted by Crippen LogP contribution is 2.29. The second-order valence-corrected chi connectivity index (χ2v) is 4.78. The van der Waals surface area contributed by atoms with Crippen LogP contribution in [0.1, 0.15) is 0 Å². The summed E-state index contributed by atoms with van der Waals surface area (Å²) in [5.41, 5.74) is 3.36. The molecule has 0 saturated carbocycles. The Labute approximate surface area is 117 Å². The second kappa shape index (κ2) is 4.24. The van der Waals surface area contributed by atoms with Crippen LogP contribution in [0.5, 0.6) is 0 Å². The molecule has 0 amide bonds. The molecule has 3 heteroatoms. The maximum atomic E-state index is 5.96. The molecule has 2 radical (unpaired) electrons. The molecule has 0 saturated heterocycles. The number of hydrogen-bond acceptors (Lipinski definition) is 2. The minimum atomic E-state index is 0.622. The van der Waals surface area contributed by atoms with Gasteiger partial charge in [-0.2, -0.15) is 0 Å². The van der Waals surface area contributed by atoms with Gasteiger partial charge in [0.15, 0.2) is 5.58 Å². The van der Waals surface area contributed by atoms with E-state index in [0.717, 1.165) is 32.9 Å². The smallest absolute Gasteiger partial charge is 0.227 e. The standard InChI is InChI=1S/C17H10BNO/c18-13-8-5-12(6-9-13)17-19-15-10-7-11-3-1-2-4-14(11)16(15)20-17/h1-10H. The summed E-state index contributed by atoms with van der Waals surface area (Å²) in [6.07, 6.45) is 0. The predicted octanol–water partition coefficient (Wildman–Crippen LogP) is 3.44. The SMILES string of the molecule is [B]c1ccc(-c2nc3ccc4ccccc4c3o2)cc1. The van der Waals surface area contributed by atoms with Gasteiger partial charge >= 0.3 is 0 Å². The first kappa shape index (κ1) is 11.3. The van der Waals surface area contributed by atoms with Crippen LogP contribution in [0.25, 0.3) is 33.3 Å². The summed E-state index contributed by atoms with van der Waals surface area (Å²) >= 11 is 0. The summed E-state index contributed by atoms with van der Waals surface area (Å²) in [6.45, 7) is 0. The zero-order valence-electron chi connectivity index (χ0n) is 10.7. The van der Waals surface area contributed by atoms with Gasteiger partial charge in [-0.3, -0.25) is 0 Å². The summed E-state index contributed by atoms with van der Waals surface area (Å²) in [7, 11) is 5.70. The minimum Gasteiger partial charge on any atom is -0.435 e. The zero-order chi connectivity index (χ0) is 13.5. The van der Waals surface area contributed by atoms with Crippen molar-refractivity contribution in [3.63, 3.8) is 0 Å². The van der Waals surface area contributed by atoms with E-state index in [0.29, 0.717) is 5.89 Å². The first-order chi connectivity index (χ1) is 9.81. The van der Waals surface area contributed by atoms with Crippen LogP contribution in [0, 0.1) is 0 Å². The van der Waals surface area contributed by atoms with Crippen molar-refractivity contribution in [1.29, 1.82) is 0 Å². The number of benzene rings is 3. The quantitative estimate of drug-likeness (QED) is 0.487. The van der Waals surface area contributed by atoms with E-state index >= 15 is 0 Å². The molecule has 0 spiro atoms. The van der Waals surface area contributed by atoms with Crippen molar-refractivity contribution in [2.24, 2.45) is 0 Å². The van der Waals surface area contributed by atoms with Crippen molar-refractivity contribution in [3.05, 3.63) is 60.7 Å². The number of fused-ring (bicyclic) bond motifs is 3. The summed E-state index contributed by atoms with van der Waals surface area (Å²) in [5, 5.41) is 2.24. The third-order valence-electron chi connectivity index (χ3n) is 3.44. The highest BCUT2D eigenvalue weighted by Gasteiger charge is 2.10. The largest absolute Gasteiger partial charge is 0.435 e. The van der Waals surface area contributed by atoms with E-state index in [2.05, 4.69) is 23.2 Å². The number of nitrogens with zero attached hydrogens (tertiary/aromatic N) is 1. The van der Waals surface area contributed by atoms with E-state index in [-0.39, 0.29) is 0 Å². The van der Waals surface area contributed by atoms with Gasteiger partial charge in [0.2, 0.25) is 5.89 Å². The molecule has 3 aromatic carbocycles. The lowest BCUT2D eigenvalue weighted by molar-refractivity contribution is 0.623. The van der Waals surface area contributed by atoms with Gasteiger partial charge in [0.05, 0.1) is 0 Å². The van der Waals surface area contributed by atoms with Gasteiger partial charge in [-0.25, -0.2) is 4.98 Å². The lowest BCUT2D eigenvalue weighted by Gasteiger charge is -1.96. The van der Waals surface area contributed by atoms with Gasteiger partial charge < -0.3 is 4.42 Å².